The number of carbonyl (C=O) groups excluding carboxylic acids is 1. The number of nitrogens with one attached hydrogen (secondary N) is 1. The van der Waals surface area contributed by atoms with Crippen molar-refractivity contribution in [3.8, 4) is 0 Å². The summed E-state index contributed by atoms with van der Waals surface area (Å²) in [6, 6.07) is 9.76. The number of amides is 1. The highest BCUT2D eigenvalue weighted by molar-refractivity contribution is 14.1. The molecule has 7 nitrogen and oxygen atoms in total. The molecule has 0 aliphatic carbocycles. The zero-order valence-corrected chi connectivity index (χ0v) is 15.0. The van der Waals surface area contributed by atoms with Crippen molar-refractivity contribution in [1.82, 2.24) is 4.72 Å². The molecule has 0 aromatic heterocycles. The van der Waals surface area contributed by atoms with E-state index in [9.17, 15) is 13.2 Å². The molecule has 2 aromatic rings. The van der Waals surface area contributed by atoms with E-state index in [-0.39, 0.29) is 21.2 Å². The van der Waals surface area contributed by atoms with E-state index in [1.165, 1.54) is 30.3 Å². The van der Waals surface area contributed by atoms with Crippen LogP contribution in [0.25, 0.3) is 10.4 Å². The maximum Gasteiger partial charge on any atom is 0.266 e. The lowest BCUT2D eigenvalue weighted by Gasteiger charge is -2.08. The van der Waals surface area contributed by atoms with Crippen LogP contribution in [0.15, 0.2) is 52.5 Å². The molecule has 0 aliphatic rings. The van der Waals surface area contributed by atoms with Gasteiger partial charge in [0, 0.05) is 14.2 Å². The molecular weight excluding hydrogens is 455 g/mol. The Morgan fingerprint density at radius 1 is 1.22 bits per heavy atom. The van der Waals surface area contributed by atoms with E-state index in [0.29, 0.717) is 0 Å². The SMILES string of the molecule is [N-]=[N+]=Nc1ccc(S(=O)(=O)NC(=O)c2ccc(I)cc2Cl)cc1. The highest BCUT2D eigenvalue weighted by Gasteiger charge is 2.20. The summed E-state index contributed by atoms with van der Waals surface area (Å²) >= 11 is 7.97. The number of rotatable bonds is 4. The number of nitrogens with zero attached hydrogens (tertiary/aromatic N) is 3. The minimum Gasteiger partial charge on any atom is -0.268 e. The molecule has 2 aromatic carbocycles. The van der Waals surface area contributed by atoms with Crippen molar-refractivity contribution in [2.45, 2.75) is 4.90 Å². The van der Waals surface area contributed by atoms with Crippen LogP contribution in [0.3, 0.4) is 0 Å². The summed E-state index contributed by atoms with van der Waals surface area (Å²) in [6.45, 7) is 0. The van der Waals surface area contributed by atoms with Gasteiger partial charge in [-0.05, 0) is 58.5 Å². The largest absolute Gasteiger partial charge is 0.268 e. The summed E-state index contributed by atoms with van der Waals surface area (Å²) in [6.07, 6.45) is 0. The highest BCUT2D eigenvalue weighted by atomic mass is 127. The number of benzene rings is 2. The maximum atomic E-state index is 12.2. The zero-order chi connectivity index (χ0) is 17.0. The van der Waals surface area contributed by atoms with E-state index < -0.39 is 15.9 Å². The van der Waals surface area contributed by atoms with Gasteiger partial charge in [-0.15, -0.1) is 0 Å². The van der Waals surface area contributed by atoms with Crippen LogP contribution in [-0.4, -0.2) is 14.3 Å². The molecule has 0 saturated carbocycles. The number of carbonyl (C=O) groups is 1. The van der Waals surface area contributed by atoms with E-state index in [0.717, 1.165) is 3.57 Å². The van der Waals surface area contributed by atoms with Gasteiger partial charge in [0.15, 0.2) is 0 Å². The van der Waals surface area contributed by atoms with Gasteiger partial charge in [-0.25, -0.2) is 13.1 Å². The molecule has 10 heteroatoms. The van der Waals surface area contributed by atoms with Crippen molar-refractivity contribution >= 4 is 55.8 Å². The van der Waals surface area contributed by atoms with Crippen LogP contribution in [-0.2, 0) is 10.0 Å². The fourth-order valence-corrected chi connectivity index (χ4v) is 3.56. The lowest BCUT2D eigenvalue weighted by molar-refractivity contribution is 0.0981. The number of sulfonamides is 1. The Bertz CT molecular complexity index is 909. The Hall–Kier alpha value is -1.81. The van der Waals surface area contributed by atoms with Gasteiger partial charge in [0.2, 0.25) is 0 Å². The van der Waals surface area contributed by atoms with Crippen LogP contribution in [0.4, 0.5) is 5.69 Å². The van der Waals surface area contributed by atoms with Crippen molar-refractivity contribution < 1.29 is 13.2 Å². The molecule has 0 spiro atoms. The van der Waals surface area contributed by atoms with Crippen LogP contribution in [0.1, 0.15) is 10.4 Å². The van der Waals surface area contributed by atoms with Crippen molar-refractivity contribution in [1.29, 1.82) is 0 Å². The first-order valence-corrected chi connectivity index (χ1v) is 8.95. The molecule has 1 N–H and O–H groups in total. The van der Waals surface area contributed by atoms with Gasteiger partial charge in [-0.2, -0.15) is 0 Å². The number of halogens is 2. The van der Waals surface area contributed by atoms with Crippen molar-refractivity contribution in [3.63, 3.8) is 0 Å². The minimum atomic E-state index is -4.06. The normalized spacial score (nSPS) is 10.7. The Morgan fingerprint density at radius 3 is 2.43 bits per heavy atom. The Morgan fingerprint density at radius 2 is 1.87 bits per heavy atom. The quantitative estimate of drug-likeness (QED) is 0.321. The number of hydrogen-bond acceptors (Lipinski definition) is 4. The Kier molecular flexibility index (Phi) is 5.47. The van der Waals surface area contributed by atoms with Crippen molar-refractivity contribution in [2.75, 3.05) is 0 Å². The maximum absolute atomic E-state index is 12.2. The van der Waals surface area contributed by atoms with Crippen LogP contribution in [0, 0.1) is 3.57 Å². The smallest absolute Gasteiger partial charge is 0.266 e. The molecule has 0 aliphatic heterocycles. The second-order valence-corrected chi connectivity index (χ2v) is 7.58. The van der Waals surface area contributed by atoms with Gasteiger partial charge >= 0.3 is 0 Å². The van der Waals surface area contributed by atoms with Crippen molar-refractivity contribution in [2.24, 2.45) is 5.11 Å². The standard InChI is InChI=1S/C13H8ClIN4O3S/c14-12-7-8(15)1-6-11(12)13(20)18-23(21,22)10-4-2-9(3-5-10)17-19-16/h1-7H,(H,18,20). The number of hydrogen-bond donors (Lipinski definition) is 1. The zero-order valence-electron chi connectivity index (χ0n) is 11.3. The van der Waals surface area contributed by atoms with Gasteiger partial charge in [0.05, 0.1) is 15.5 Å². The van der Waals surface area contributed by atoms with E-state index in [4.69, 9.17) is 17.1 Å². The Labute approximate surface area is 150 Å². The van der Waals surface area contributed by atoms with E-state index >= 15 is 0 Å². The van der Waals surface area contributed by atoms with Gasteiger partial charge in [0.1, 0.15) is 0 Å². The fraction of sp³-hybridized carbons (Fsp3) is 0. The lowest BCUT2D eigenvalue weighted by Crippen LogP contribution is -2.30. The van der Waals surface area contributed by atoms with E-state index in [2.05, 4.69) is 10.0 Å². The molecular formula is C13H8ClIN4O3S. The third-order valence-corrected chi connectivity index (χ3v) is 5.04. The highest BCUT2D eigenvalue weighted by Crippen LogP contribution is 2.20. The van der Waals surface area contributed by atoms with Gasteiger partial charge < -0.3 is 0 Å². The lowest BCUT2D eigenvalue weighted by atomic mass is 10.2. The molecule has 23 heavy (non-hydrogen) atoms. The molecule has 0 unspecified atom stereocenters. The third kappa shape index (κ3) is 4.35. The van der Waals surface area contributed by atoms with Gasteiger partial charge in [-0.1, -0.05) is 28.8 Å². The summed E-state index contributed by atoms with van der Waals surface area (Å²) in [5.41, 5.74) is 8.63. The molecule has 118 valence electrons. The molecule has 0 bridgehead atoms. The van der Waals surface area contributed by atoms with Gasteiger partial charge in [0.25, 0.3) is 15.9 Å². The molecule has 0 heterocycles. The Balaban J connectivity index is 2.26. The number of azide groups is 1. The summed E-state index contributed by atoms with van der Waals surface area (Å²) < 4.78 is 27.1. The first-order chi connectivity index (χ1) is 10.8. The van der Waals surface area contributed by atoms with Crippen LogP contribution < -0.4 is 4.72 Å². The average Bonchev–Trinajstić information content (AvgIpc) is 2.47. The fourth-order valence-electron chi connectivity index (χ4n) is 1.65. The van der Waals surface area contributed by atoms with E-state index in [1.807, 2.05) is 27.3 Å². The molecule has 2 rings (SSSR count). The minimum absolute atomic E-state index is 0.0568. The molecule has 0 fully saturated rings. The van der Waals surface area contributed by atoms with Crippen molar-refractivity contribution in [3.05, 3.63) is 67.1 Å². The van der Waals surface area contributed by atoms with E-state index in [1.54, 1.807) is 12.1 Å². The molecule has 0 radical (unpaired) electrons. The van der Waals surface area contributed by atoms with Crippen LogP contribution >= 0.6 is 34.2 Å². The monoisotopic (exact) mass is 462 g/mol. The van der Waals surface area contributed by atoms with Crippen LogP contribution in [0.2, 0.25) is 5.02 Å². The third-order valence-electron chi connectivity index (χ3n) is 2.71. The summed E-state index contributed by atoms with van der Waals surface area (Å²) in [7, 11) is -4.06. The van der Waals surface area contributed by atoms with Gasteiger partial charge in [-0.3, -0.25) is 4.79 Å². The van der Waals surface area contributed by atoms with Crippen LogP contribution in [0.5, 0.6) is 0 Å². The topological polar surface area (TPSA) is 112 Å². The second kappa shape index (κ2) is 7.18. The average molecular weight is 463 g/mol. The molecule has 1 amide bonds. The summed E-state index contributed by atoms with van der Waals surface area (Å²) in [5.74, 6) is -0.828. The molecule has 0 atom stereocenters. The summed E-state index contributed by atoms with van der Waals surface area (Å²) in [4.78, 5) is 14.5. The second-order valence-electron chi connectivity index (χ2n) is 4.24. The molecule has 0 saturated heterocycles. The first-order valence-electron chi connectivity index (χ1n) is 6.01. The predicted octanol–water partition coefficient (Wildman–Crippen LogP) is 4.01. The predicted molar refractivity (Wildman–Crippen MR) is 94.1 cm³/mol. The first kappa shape index (κ1) is 17.5. The summed E-state index contributed by atoms with van der Waals surface area (Å²) in [5, 5.41) is 3.49.